The van der Waals surface area contributed by atoms with Crippen molar-refractivity contribution in [2.24, 2.45) is 0 Å². The zero-order chi connectivity index (χ0) is 15.2. The summed E-state index contributed by atoms with van der Waals surface area (Å²) >= 11 is 0. The van der Waals surface area contributed by atoms with Crippen LogP contribution in [-0.4, -0.2) is 30.0 Å². The normalized spacial score (nSPS) is 12.8. The van der Waals surface area contributed by atoms with E-state index in [1.807, 2.05) is 6.92 Å². The van der Waals surface area contributed by atoms with Gasteiger partial charge in [-0.05, 0) is 30.7 Å². The molecule has 0 aliphatic rings. The van der Waals surface area contributed by atoms with E-state index >= 15 is 0 Å². The Kier molecular flexibility index (Phi) is 5.82. The van der Waals surface area contributed by atoms with Crippen molar-refractivity contribution in [3.63, 3.8) is 0 Å². The van der Waals surface area contributed by atoms with Crippen LogP contribution in [0.2, 0.25) is 0 Å². The summed E-state index contributed by atoms with van der Waals surface area (Å²) in [5.41, 5.74) is 0.197. The lowest BCUT2D eigenvalue weighted by Crippen LogP contribution is -2.31. The highest BCUT2D eigenvalue weighted by Gasteiger charge is 2.31. The van der Waals surface area contributed by atoms with Crippen LogP contribution in [0, 0.1) is 0 Å². The van der Waals surface area contributed by atoms with Gasteiger partial charge in [0.25, 0.3) is 5.91 Å². The number of carbonyl (C=O) groups excluding carboxylic acids is 1. The molecule has 1 amide bonds. The molecule has 2 N–H and O–H groups in total. The van der Waals surface area contributed by atoms with Crippen molar-refractivity contribution in [3.8, 4) is 5.75 Å². The molecule has 0 saturated heterocycles. The van der Waals surface area contributed by atoms with E-state index in [2.05, 4.69) is 10.1 Å². The van der Waals surface area contributed by atoms with Crippen LogP contribution in [0.3, 0.4) is 0 Å². The number of alkyl halides is 3. The molecular formula is C13H16F3NO3. The Morgan fingerprint density at radius 3 is 2.45 bits per heavy atom. The summed E-state index contributed by atoms with van der Waals surface area (Å²) in [6.07, 6.45) is -4.02. The molecule has 20 heavy (non-hydrogen) atoms. The second-order valence-corrected chi connectivity index (χ2v) is 4.22. The van der Waals surface area contributed by atoms with Gasteiger partial charge in [0.1, 0.15) is 5.75 Å². The Labute approximate surface area is 114 Å². The molecule has 0 spiro atoms. The second kappa shape index (κ2) is 7.14. The number of carbonyl (C=O) groups is 1. The SMILES string of the molecule is CCCC(O)CNC(=O)c1ccc(OC(F)(F)F)cc1. The third kappa shape index (κ3) is 5.92. The topological polar surface area (TPSA) is 58.6 Å². The largest absolute Gasteiger partial charge is 0.573 e. The lowest BCUT2D eigenvalue weighted by molar-refractivity contribution is -0.274. The lowest BCUT2D eigenvalue weighted by atomic mass is 10.2. The molecule has 1 aromatic carbocycles. The molecule has 1 unspecified atom stereocenters. The first-order valence-electron chi connectivity index (χ1n) is 6.14. The van der Waals surface area contributed by atoms with Crippen molar-refractivity contribution in [2.45, 2.75) is 32.2 Å². The average molecular weight is 291 g/mol. The number of ether oxygens (including phenoxy) is 1. The van der Waals surface area contributed by atoms with Crippen molar-refractivity contribution in [1.82, 2.24) is 5.32 Å². The molecule has 0 fully saturated rings. The van der Waals surface area contributed by atoms with Crippen LogP contribution in [0.25, 0.3) is 0 Å². The first kappa shape index (κ1) is 16.3. The molecule has 1 atom stereocenters. The van der Waals surface area contributed by atoms with Crippen LogP contribution in [0.4, 0.5) is 13.2 Å². The molecule has 1 aromatic rings. The standard InChI is InChI=1S/C13H16F3NO3/c1-2-3-10(18)8-17-12(19)9-4-6-11(7-5-9)20-13(14,15)16/h4-7,10,18H,2-3,8H2,1H3,(H,17,19). The molecule has 0 radical (unpaired) electrons. The summed E-state index contributed by atoms with van der Waals surface area (Å²) in [7, 11) is 0. The fourth-order valence-corrected chi connectivity index (χ4v) is 1.56. The van der Waals surface area contributed by atoms with Gasteiger partial charge in [-0.2, -0.15) is 0 Å². The zero-order valence-corrected chi connectivity index (χ0v) is 10.9. The number of rotatable bonds is 6. The Morgan fingerprint density at radius 1 is 1.35 bits per heavy atom. The quantitative estimate of drug-likeness (QED) is 0.846. The summed E-state index contributed by atoms with van der Waals surface area (Å²) in [6, 6.07) is 4.57. The molecule has 0 saturated carbocycles. The Morgan fingerprint density at radius 2 is 1.95 bits per heavy atom. The first-order valence-corrected chi connectivity index (χ1v) is 6.14. The molecule has 1 rings (SSSR count). The van der Waals surface area contributed by atoms with Crippen molar-refractivity contribution >= 4 is 5.91 Å². The van der Waals surface area contributed by atoms with E-state index in [0.717, 1.165) is 18.6 Å². The predicted octanol–water partition coefficient (Wildman–Crippen LogP) is 2.48. The smallest absolute Gasteiger partial charge is 0.406 e. The lowest BCUT2D eigenvalue weighted by Gasteiger charge is -2.11. The van der Waals surface area contributed by atoms with Crippen LogP contribution in [0.5, 0.6) is 5.75 Å². The number of aliphatic hydroxyl groups excluding tert-OH is 1. The number of aliphatic hydroxyl groups is 1. The van der Waals surface area contributed by atoms with E-state index in [-0.39, 0.29) is 17.9 Å². The molecule has 4 nitrogen and oxygen atoms in total. The molecule has 7 heteroatoms. The summed E-state index contributed by atoms with van der Waals surface area (Å²) in [5.74, 6) is -0.848. The van der Waals surface area contributed by atoms with Gasteiger partial charge in [-0.25, -0.2) is 0 Å². The van der Waals surface area contributed by atoms with Gasteiger partial charge in [-0.3, -0.25) is 4.79 Å². The number of hydrogen-bond donors (Lipinski definition) is 2. The molecule has 0 bridgehead atoms. The summed E-state index contributed by atoms with van der Waals surface area (Å²) in [5, 5.41) is 12.0. The number of amides is 1. The van der Waals surface area contributed by atoms with E-state index in [4.69, 9.17) is 0 Å². The molecular weight excluding hydrogens is 275 g/mol. The Bertz CT molecular complexity index is 431. The van der Waals surface area contributed by atoms with Crippen LogP contribution in [-0.2, 0) is 0 Å². The minimum Gasteiger partial charge on any atom is -0.406 e. The van der Waals surface area contributed by atoms with E-state index in [0.29, 0.717) is 6.42 Å². The third-order valence-corrected chi connectivity index (χ3v) is 2.47. The van der Waals surface area contributed by atoms with Gasteiger partial charge in [0.15, 0.2) is 0 Å². The van der Waals surface area contributed by atoms with Gasteiger partial charge in [0.05, 0.1) is 6.10 Å². The maximum absolute atomic E-state index is 12.0. The number of hydrogen-bond acceptors (Lipinski definition) is 3. The van der Waals surface area contributed by atoms with E-state index in [1.54, 1.807) is 0 Å². The van der Waals surface area contributed by atoms with Crippen LogP contribution in [0.1, 0.15) is 30.1 Å². The van der Waals surface area contributed by atoms with Crippen LogP contribution in [0.15, 0.2) is 24.3 Å². The monoisotopic (exact) mass is 291 g/mol. The van der Waals surface area contributed by atoms with Crippen molar-refractivity contribution in [2.75, 3.05) is 6.54 Å². The summed E-state index contributed by atoms with van der Waals surface area (Å²) in [4.78, 5) is 11.7. The summed E-state index contributed by atoms with van der Waals surface area (Å²) in [6.45, 7) is 2.01. The minimum absolute atomic E-state index is 0.105. The van der Waals surface area contributed by atoms with Crippen LogP contribution < -0.4 is 10.1 Å². The average Bonchev–Trinajstić information content (AvgIpc) is 2.35. The van der Waals surface area contributed by atoms with Gasteiger partial charge in [-0.1, -0.05) is 13.3 Å². The molecule has 112 valence electrons. The van der Waals surface area contributed by atoms with Gasteiger partial charge in [-0.15, -0.1) is 13.2 Å². The second-order valence-electron chi connectivity index (χ2n) is 4.22. The highest BCUT2D eigenvalue weighted by molar-refractivity contribution is 5.94. The van der Waals surface area contributed by atoms with Gasteiger partial charge in [0.2, 0.25) is 0 Å². The Balaban J connectivity index is 2.53. The Hall–Kier alpha value is -1.76. The molecule has 0 heterocycles. The third-order valence-electron chi connectivity index (χ3n) is 2.47. The van der Waals surface area contributed by atoms with E-state index in [1.165, 1.54) is 12.1 Å². The maximum atomic E-state index is 12.0. The maximum Gasteiger partial charge on any atom is 0.573 e. The molecule has 0 aromatic heterocycles. The first-order chi connectivity index (χ1) is 9.31. The fourth-order valence-electron chi connectivity index (χ4n) is 1.56. The highest BCUT2D eigenvalue weighted by Crippen LogP contribution is 2.22. The number of nitrogens with one attached hydrogen (secondary N) is 1. The number of halogens is 3. The van der Waals surface area contributed by atoms with Gasteiger partial charge >= 0.3 is 6.36 Å². The highest BCUT2D eigenvalue weighted by atomic mass is 19.4. The molecule has 0 aliphatic carbocycles. The van der Waals surface area contributed by atoms with Gasteiger partial charge in [0, 0.05) is 12.1 Å². The van der Waals surface area contributed by atoms with Gasteiger partial charge < -0.3 is 15.2 Å². The van der Waals surface area contributed by atoms with Crippen LogP contribution >= 0.6 is 0 Å². The van der Waals surface area contributed by atoms with E-state index in [9.17, 15) is 23.1 Å². The molecule has 0 aliphatic heterocycles. The van der Waals surface area contributed by atoms with Crippen molar-refractivity contribution in [3.05, 3.63) is 29.8 Å². The minimum atomic E-state index is -4.76. The van der Waals surface area contributed by atoms with Crippen molar-refractivity contribution < 1.29 is 27.8 Å². The fraction of sp³-hybridized carbons (Fsp3) is 0.462. The van der Waals surface area contributed by atoms with Crippen molar-refractivity contribution in [1.29, 1.82) is 0 Å². The zero-order valence-electron chi connectivity index (χ0n) is 10.9. The summed E-state index contributed by atoms with van der Waals surface area (Å²) < 4.78 is 39.6. The predicted molar refractivity (Wildman–Crippen MR) is 66.4 cm³/mol. The number of benzene rings is 1. The van der Waals surface area contributed by atoms with E-state index < -0.39 is 18.4 Å².